The number of Topliss-reactive ketones (excluding diaryl/α,β-unsaturated/α-hetero) is 1. The van der Waals surface area contributed by atoms with Gasteiger partial charge in [0.15, 0.2) is 5.78 Å². The molecule has 0 unspecified atom stereocenters. The molecule has 1 aliphatic rings. The molecule has 23 heavy (non-hydrogen) atoms. The van der Waals surface area contributed by atoms with Gasteiger partial charge in [0.05, 0.1) is 0 Å². The molecule has 120 valence electrons. The summed E-state index contributed by atoms with van der Waals surface area (Å²) in [5, 5.41) is 0. The minimum Gasteiger partial charge on any atom is -0.489 e. The Labute approximate surface area is 138 Å². The van der Waals surface area contributed by atoms with E-state index >= 15 is 0 Å². The predicted molar refractivity (Wildman–Crippen MR) is 93.0 cm³/mol. The van der Waals surface area contributed by atoms with Gasteiger partial charge in [-0.2, -0.15) is 0 Å². The fourth-order valence-electron chi connectivity index (χ4n) is 3.27. The van der Waals surface area contributed by atoms with Gasteiger partial charge in [-0.3, -0.25) is 4.79 Å². The Balaban J connectivity index is 1.56. The number of benzene rings is 2. The first-order valence-corrected chi connectivity index (χ1v) is 8.55. The van der Waals surface area contributed by atoms with Crippen LogP contribution < -0.4 is 4.74 Å². The highest BCUT2D eigenvalue weighted by atomic mass is 16.5. The molecule has 0 atom stereocenters. The quantitative estimate of drug-likeness (QED) is 0.680. The first kappa shape index (κ1) is 15.8. The molecule has 0 aliphatic heterocycles. The minimum atomic E-state index is 0.0933. The van der Waals surface area contributed by atoms with Crippen molar-refractivity contribution in [3.63, 3.8) is 0 Å². The molecule has 0 N–H and O–H groups in total. The third kappa shape index (κ3) is 4.22. The summed E-state index contributed by atoms with van der Waals surface area (Å²) in [7, 11) is 0. The van der Waals surface area contributed by atoms with E-state index in [4.69, 9.17) is 4.74 Å². The summed E-state index contributed by atoms with van der Waals surface area (Å²) in [6.45, 7) is 2.11. The molecule has 2 aromatic carbocycles. The van der Waals surface area contributed by atoms with Gasteiger partial charge < -0.3 is 4.74 Å². The van der Waals surface area contributed by atoms with Crippen LogP contribution in [0.15, 0.2) is 48.5 Å². The molecule has 2 nitrogen and oxygen atoms in total. The number of ether oxygens (including phenoxy) is 1. The molecular weight excluding hydrogens is 284 g/mol. The molecule has 0 spiro atoms. The van der Waals surface area contributed by atoms with E-state index in [-0.39, 0.29) is 5.78 Å². The van der Waals surface area contributed by atoms with Gasteiger partial charge >= 0.3 is 0 Å². The number of carbonyl (C=O) groups excluding carboxylic acids is 1. The molecule has 0 heterocycles. The van der Waals surface area contributed by atoms with E-state index in [0.29, 0.717) is 6.61 Å². The topological polar surface area (TPSA) is 26.3 Å². The van der Waals surface area contributed by atoms with Gasteiger partial charge in [-0.05, 0) is 48.9 Å². The lowest BCUT2D eigenvalue weighted by Gasteiger charge is -2.22. The molecule has 0 bridgehead atoms. The second-order valence-electron chi connectivity index (χ2n) is 6.45. The summed E-state index contributed by atoms with van der Waals surface area (Å²) in [5.74, 6) is 1.73. The van der Waals surface area contributed by atoms with E-state index in [1.807, 2.05) is 24.3 Å². The largest absolute Gasteiger partial charge is 0.489 e. The predicted octanol–water partition coefficient (Wildman–Crippen LogP) is 5.52. The second kappa shape index (κ2) is 7.45. The van der Waals surface area contributed by atoms with Gasteiger partial charge in [0, 0.05) is 5.56 Å². The van der Waals surface area contributed by atoms with Crippen LogP contribution in [0.1, 0.15) is 66.4 Å². The van der Waals surface area contributed by atoms with Crippen molar-refractivity contribution in [3.05, 3.63) is 65.2 Å². The molecule has 0 amide bonds. The van der Waals surface area contributed by atoms with Gasteiger partial charge in [-0.1, -0.05) is 55.7 Å². The van der Waals surface area contributed by atoms with E-state index in [9.17, 15) is 4.79 Å². The lowest BCUT2D eigenvalue weighted by molar-refractivity contribution is 0.101. The summed E-state index contributed by atoms with van der Waals surface area (Å²) < 4.78 is 5.85. The fraction of sp³-hybridized carbons (Fsp3) is 0.381. The summed E-state index contributed by atoms with van der Waals surface area (Å²) in [6, 6.07) is 16.2. The lowest BCUT2D eigenvalue weighted by Crippen LogP contribution is -2.04. The van der Waals surface area contributed by atoms with Crippen LogP contribution in [0.5, 0.6) is 5.75 Å². The molecule has 1 aliphatic carbocycles. The molecular formula is C21H24O2. The van der Waals surface area contributed by atoms with Gasteiger partial charge in [-0.25, -0.2) is 0 Å². The van der Waals surface area contributed by atoms with Crippen molar-refractivity contribution < 1.29 is 9.53 Å². The maximum absolute atomic E-state index is 11.3. The van der Waals surface area contributed by atoms with E-state index in [2.05, 4.69) is 24.3 Å². The van der Waals surface area contributed by atoms with Crippen molar-refractivity contribution in [2.24, 2.45) is 0 Å². The molecule has 2 aromatic rings. The van der Waals surface area contributed by atoms with Crippen LogP contribution in [0.3, 0.4) is 0 Å². The molecule has 0 radical (unpaired) electrons. The number of carbonyl (C=O) groups is 1. The Morgan fingerprint density at radius 2 is 1.61 bits per heavy atom. The van der Waals surface area contributed by atoms with E-state index in [0.717, 1.165) is 22.8 Å². The van der Waals surface area contributed by atoms with Crippen molar-refractivity contribution >= 4 is 5.78 Å². The zero-order valence-corrected chi connectivity index (χ0v) is 13.8. The molecule has 2 heteroatoms. The summed E-state index contributed by atoms with van der Waals surface area (Å²) in [4.78, 5) is 11.3. The minimum absolute atomic E-state index is 0.0933. The Bertz CT molecular complexity index is 635. The maximum Gasteiger partial charge on any atom is 0.159 e. The summed E-state index contributed by atoms with van der Waals surface area (Å²) >= 11 is 0. The second-order valence-corrected chi connectivity index (χ2v) is 6.45. The fourth-order valence-corrected chi connectivity index (χ4v) is 3.27. The standard InChI is InChI=1S/C21H24O2/c1-16(22)18-9-7-17(8-10-18)15-23-21-13-11-20(12-14-21)19-5-3-2-4-6-19/h7-14,19H,2-6,15H2,1H3. The lowest BCUT2D eigenvalue weighted by atomic mass is 9.84. The van der Waals surface area contributed by atoms with Crippen LogP contribution in [0.2, 0.25) is 0 Å². The molecule has 1 saturated carbocycles. The van der Waals surface area contributed by atoms with Gasteiger partial charge in [-0.15, -0.1) is 0 Å². The highest BCUT2D eigenvalue weighted by molar-refractivity contribution is 5.93. The van der Waals surface area contributed by atoms with Crippen LogP contribution in [-0.4, -0.2) is 5.78 Å². The molecule has 3 rings (SSSR count). The average molecular weight is 308 g/mol. The third-order valence-corrected chi connectivity index (χ3v) is 4.72. The average Bonchev–Trinajstić information content (AvgIpc) is 2.61. The normalized spacial score (nSPS) is 15.3. The van der Waals surface area contributed by atoms with Crippen LogP contribution >= 0.6 is 0 Å². The van der Waals surface area contributed by atoms with Crippen molar-refractivity contribution in [1.82, 2.24) is 0 Å². The van der Waals surface area contributed by atoms with Gasteiger partial charge in [0.2, 0.25) is 0 Å². The smallest absolute Gasteiger partial charge is 0.159 e. The number of rotatable bonds is 5. The summed E-state index contributed by atoms with van der Waals surface area (Å²) in [6.07, 6.45) is 6.75. The highest BCUT2D eigenvalue weighted by Crippen LogP contribution is 2.33. The van der Waals surface area contributed by atoms with Crippen molar-refractivity contribution in [1.29, 1.82) is 0 Å². The van der Waals surface area contributed by atoms with E-state index in [1.54, 1.807) is 6.92 Å². The molecule has 0 saturated heterocycles. The Morgan fingerprint density at radius 1 is 0.957 bits per heavy atom. The third-order valence-electron chi connectivity index (χ3n) is 4.72. The highest BCUT2D eigenvalue weighted by Gasteiger charge is 2.15. The van der Waals surface area contributed by atoms with Crippen LogP contribution in [0, 0.1) is 0 Å². The maximum atomic E-state index is 11.3. The SMILES string of the molecule is CC(=O)c1ccc(COc2ccc(C3CCCCC3)cc2)cc1. The van der Waals surface area contributed by atoms with Crippen LogP contribution in [-0.2, 0) is 6.61 Å². The van der Waals surface area contributed by atoms with Crippen LogP contribution in [0.4, 0.5) is 0 Å². The van der Waals surface area contributed by atoms with Crippen LogP contribution in [0.25, 0.3) is 0 Å². The monoisotopic (exact) mass is 308 g/mol. The Kier molecular flexibility index (Phi) is 5.12. The number of hydrogen-bond donors (Lipinski definition) is 0. The molecule has 0 aromatic heterocycles. The molecule has 1 fully saturated rings. The van der Waals surface area contributed by atoms with Gasteiger partial charge in [0.25, 0.3) is 0 Å². The first-order valence-electron chi connectivity index (χ1n) is 8.55. The summed E-state index contributed by atoms with van der Waals surface area (Å²) in [5.41, 5.74) is 3.26. The zero-order valence-electron chi connectivity index (χ0n) is 13.8. The Hall–Kier alpha value is -2.09. The Morgan fingerprint density at radius 3 is 2.22 bits per heavy atom. The van der Waals surface area contributed by atoms with Crippen molar-refractivity contribution in [3.8, 4) is 5.75 Å². The number of ketones is 1. The van der Waals surface area contributed by atoms with Crippen molar-refractivity contribution in [2.75, 3.05) is 0 Å². The van der Waals surface area contributed by atoms with Crippen molar-refractivity contribution in [2.45, 2.75) is 51.6 Å². The van der Waals surface area contributed by atoms with E-state index in [1.165, 1.54) is 37.7 Å². The zero-order chi connectivity index (χ0) is 16.1. The van der Waals surface area contributed by atoms with Gasteiger partial charge in [0.1, 0.15) is 12.4 Å². The number of hydrogen-bond acceptors (Lipinski definition) is 2. The first-order chi connectivity index (χ1) is 11.2. The van der Waals surface area contributed by atoms with E-state index < -0.39 is 0 Å².